The van der Waals surface area contributed by atoms with Gasteiger partial charge >= 0.3 is 0 Å². The minimum absolute atomic E-state index is 0.0894. The second-order valence-electron chi connectivity index (χ2n) is 14.8. The minimum Gasteiger partial charge on any atom is -0.392 e. The molecule has 2 N–H and O–H groups in total. The lowest BCUT2D eigenvalue weighted by molar-refractivity contribution is -0.273. The molecule has 5 rings (SSSR count). The van der Waals surface area contributed by atoms with E-state index in [0.717, 1.165) is 18.3 Å². The highest BCUT2D eigenvalue weighted by atomic mass is 16.3. The lowest BCUT2D eigenvalue weighted by Crippen LogP contribution is -2.69. The van der Waals surface area contributed by atoms with Crippen LogP contribution >= 0.6 is 0 Å². The maximum absolute atomic E-state index is 11.5. The summed E-state index contributed by atoms with van der Waals surface area (Å²) in [5.41, 5.74) is 2.32. The van der Waals surface area contributed by atoms with Gasteiger partial charge in [-0.1, -0.05) is 53.7 Å². The van der Waals surface area contributed by atoms with Gasteiger partial charge in [0.05, 0.1) is 12.2 Å². The van der Waals surface area contributed by atoms with E-state index < -0.39 is 6.10 Å². The second-order valence-corrected chi connectivity index (χ2v) is 14.8. The van der Waals surface area contributed by atoms with Crippen LogP contribution in [0.1, 0.15) is 106 Å². The Balaban J connectivity index is 1.57. The molecular formula is C30H50O2. The predicted octanol–water partition coefficient (Wildman–Crippen LogP) is 7.00. The van der Waals surface area contributed by atoms with Gasteiger partial charge in [0.1, 0.15) is 0 Å². The predicted molar refractivity (Wildman–Crippen MR) is 132 cm³/mol. The molecule has 2 heteroatoms. The number of aliphatic hydroxyl groups excluding tert-OH is 2. The molecule has 11 atom stereocenters. The van der Waals surface area contributed by atoms with Crippen LogP contribution in [-0.2, 0) is 0 Å². The van der Waals surface area contributed by atoms with Crippen molar-refractivity contribution in [3.8, 4) is 0 Å². The molecule has 5 fully saturated rings. The van der Waals surface area contributed by atoms with Crippen LogP contribution in [0.3, 0.4) is 0 Å². The Morgan fingerprint density at radius 1 is 0.750 bits per heavy atom. The first-order valence-corrected chi connectivity index (χ1v) is 13.7. The standard InChI is InChI=1S/C30H50O2/c1-18(2)19-11-13-27(5)15-16-28(6)20(25(19)27)9-10-22-29(28,7)14-12-21-26(3,4)23(31)17-24(32)30(21,22)8/h19-25,31-32H,1,9-17H2,2-8H3/t19-,20-,21-,22-,23?,24?,25-,27+,28+,29+,30-/m0/s1. The Kier molecular flexibility index (Phi) is 5.02. The van der Waals surface area contributed by atoms with E-state index in [2.05, 4.69) is 55.0 Å². The molecule has 32 heavy (non-hydrogen) atoms. The van der Waals surface area contributed by atoms with E-state index in [1.54, 1.807) is 0 Å². The van der Waals surface area contributed by atoms with Gasteiger partial charge in [0.2, 0.25) is 0 Å². The lowest BCUT2D eigenvalue weighted by atomic mass is 9.32. The summed E-state index contributed by atoms with van der Waals surface area (Å²) in [5.74, 6) is 3.22. The van der Waals surface area contributed by atoms with Gasteiger partial charge in [0.15, 0.2) is 0 Å². The van der Waals surface area contributed by atoms with Crippen LogP contribution < -0.4 is 0 Å². The van der Waals surface area contributed by atoms with Gasteiger partial charge < -0.3 is 10.2 Å². The van der Waals surface area contributed by atoms with Crippen LogP contribution in [0.4, 0.5) is 0 Å². The summed E-state index contributed by atoms with van der Waals surface area (Å²) in [5, 5.41) is 22.4. The molecule has 0 aromatic carbocycles. The molecule has 5 saturated carbocycles. The van der Waals surface area contributed by atoms with Crippen LogP contribution in [0.25, 0.3) is 0 Å². The zero-order chi connectivity index (χ0) is 23.5. The van der Waals surface area contributed by atoms with Crippen molar-refractivity contribution < 1.29 is 10.2 Å². The topological polar surface area (TPSA) is 40.5 Å². The zero-order valence-electron chi connectivity index (χ0n) is 22.0. The quantitative estimate of drug-likeness (QED) is 0.429. The Morgan fingerprint density at radius 3 is 2.09 bits per heavy atom. The van der Waals surface area contributed by atoms with Crippen molar-refractivity contribution in [3.63, 3.8) is 0 Å². The molecule has 0 aromatic rings. The van der Waals surface area contributed by atoms with Crippen molar-refractivity contribution in [2.24, 2.45) is 56.7 Å². The van der Waals surface area contributed by atoms with Crippen molar-refractivity contribution in [1.29, 1.82) is 0 Å². The third-order valence-corrected chi connectivity index (χ3v) is 13.6. The average molecular weight is 443 g/mol. The number of rotatable bonds is 1. The summed E-state index contributed by atoms with van der Waals surface area (Å²) in [6, 6.07) is 0. The van der Waals surface area contributed by atoms with E-state index >= 15 is 0 Å². The summed E-state index contributed by atoms with van der Waals surface area (Å²) in [6.45, 7) is 21.6. The van der Waals surface area contributed by atoms with E-state index in [9.17, 15) is 10.2 Å². The van der Waals surface area contributed by atoms with Gasteiger partial charge in [-0.05, 0) is 110 Å². The van der Waals surface area contributed by atoms with Crippen molar-refractivity contribution in [1.82, 2.24) is 0 Å². The second kappa shape index (κ2) is 6.87. The lowest BCUT2D eigenvalue weighted by Gasteiger charge is -2.73. The number of allylic oxidation sites excluding steroid dienone is 1. The Bertz CT molecular complexity index is 801. The monoisotopic (exact) mass is 442 g/mol. The first kappa shape index (κ1) is 23.4. The Labute approximate surface area is 197 Å². The SMILES string of the molecule is C=C(C)[C@@H]1CC[C@]2(C)CC[C@]3(C)[C@@H](CC[C@@H]4[C@@]5(C)C(O)CC(O)C(C)(C)[C@@H]5CC[C@]43C)[C@H]12. The van der Waals surface area contributed by atoms with Crippen LogP contribution in [0, 0.1) is 56.7 Å². The fraction of sp³-hybridized carbons (Fsp3) is 0.933. The maximum atomic E-state index is 11.5. The van der Waals surface area contributed by atoms with Crippen molar-refractivity contribution in [2.75, 3.05) is 0 Å². The highest BCUT2D eigenvalue weighted by molar-refractivity contribution is 5.22. The van der Waals surface area contributed by atoms with Crippen LogP contribution in [0.15, 0.2) is 12.2 Å². The normalized spacial score (nSPS) is 58.8. The molecule has 2 nitrogen and oxygen atoms in total. The summed E-state index contributed by atoms with van der Waals surface area (Å²) < 4.78 is 0. The van der Waals surface area contributed by atoms with Crippen LogP contribution in [-0.4, -0.2) is 22.4 Å². The summed E-state index contributed by atoms with van der Waals surface area (Å²) >= 11 is 0. The van der Waals surface area contributed by atoms with Gasteiger partial charge in [-0.2, -0.15) is 0 Å². The van der Waals surface area contributed by atoms with E-state index in [1.807, 2.05) is 0 Å². The minimum atomic E-state index is -0.392. The molecule has 182 valence electrons. The molecule has 5 aliphatic rings. The largest absolute Gasteiger partial charge is 0.392 e. The van der Waals surface area contributed by atoms with E-state index in [4.69, 9.17) is 0 Å². The van der Waals surface area contributed by atoms with Gasteiger partial charge in [-0.3, -0.25) is 0 Å². The number of fused-ring (bicyclic) bond motifs is 7. The van der Waals surface area contributed by atoms with E-state index in [1.165, 1.54) is 50.5 Å². The van der Waals surface area contributed by atoms with Crippen molar-refractivity contribution in [3.05, 3.63) is 12.2 Å². The summed E-state index contributed by atoms with van der Waals surface area (Å²) in [4.78, 5) is 0. The molecule has 0 saturated heterocycles. The van der Waals surface area contributed by atoms with E-state index in [-0.39, 0.29) is 22.3 Å². The zero-order valence-corrected chi connectivity index (χ0v) is 22.0. The van der Waals surface area contributed by atoms with Crippen molar-refractivity contribution in [2.45, 2.75) is 118 Å². The third-order valence-electron chi connectivity index (χ3n) is 13.6. The summed E-state index contributed by atoms with van der Waals surface area (Å²) in [6.07, 6.45) is 10.2. The fourth-order valence-corrected chi connectivity index (χ4v) is 11.4. The molecule has 0 spiro atoms. The molecule has 0 amide bonds. The third kappa shape index (κ3) is 2.61. The maximum Gasteiger partial charge on any atom is 0.0624 e. The van der Waals surface area contributed by atoms with Crippen molar-refractivity contribution >= 4 is 0 Å². The average Bonchev–Trinajstić information content (AvgIpc) is 3.05. The smallest absolute Gasteiger partial charge is 0.0624 e. The van der Waals surface area contributed by atoms with Gasteiger partial charge in [-0.15, -0.1) is 0 Å². The molecule has 0 radical (unpaired) electrons. The molecule has 0 bridgehead atoms. The highest BCUT2D eigenvalue weighted by Gasteiger charge is 2.71. The van der Waals surface area contributed by atoms with Gasteiger partial charge in [0.25, 0.3) is 0 Å². The molecule has 5 aliphatic carbocycles. The fourth-order valence-electron chi connectivity index (χ4n) is 11.4. The molecule has 0 heterocycles. The molecular weight excluding hydrogens is 392 g/mol. The highest BCUT2D eigenvalue weighted by Crippen LogP contribution is 2.77. The first-order valence-electron chi connectivity index (χ1n) is 13.7. The Morgan fingerprint density at radius 2 is 1.44 bits per heavy atom. The summed E-state index contributed by atoms with van der Waals surface area (Å²) in [7, 11) is 0. The molecule has 2 unspecified atom stereocenters. The molecule has 0 aliphatic heterocycles. The first-order chi connectivity index (χ1) is 14.7. The van der Waals surface area contributed by atoms with Gasteiger partial charge in [0, 0.05) is 11.8 Å². The van der Waals surface area contributed by atoms with Crippen LogP contribution in [0.5, 0.6) is 0 Å². The van der Waals surface area contributed by atoms with E-state index in [0.29, 0.717) is 35.0 Å². The van der Waals surface area contributed by atoms with Gasteiger partial charge in [-0.25, -0.2) is 0 Å². The number of hydrogen-bond donors (Lipinski definition) is 2. The molecule has 0 aromatic heterocycles. The Hall–Kier alpha value is -0.340. The van der Waals surface area contributed by atoms with Crippen LogP contribution in [0.2, 0.25) is 0 Å². The number of hydrogen-bond acceptors (Lipinski definition) is 2. The number of aliphatic hydroxyl groups is 2.